The Labute approximate surface area is 136 Å². The van der Waals surface area contributed by atoms with E-state index in [0.717, 1.165) is 53.1 Å². The van der Waals surface area contributed by atoms with Crippen molar-refractivity contribution in [1.82, 2.24) is 20.2 Å². The lowest BCUT2D eigenvalue weighted by molar-refractivity contribution is 0.0986. The number of thiophene rings is 1. The fraction of sp³-hybridized carbons (Fsp3) is 0.400. The first-order chi connectivity index (χ1) is 11.3. The van der Waals surface area contributed by atoms with Crippen LogP contribution in [0.4, 0.5) is 17.6 Å². The molecule has 8 heteroatoms. The molecular weight excluding hydrogens is 312 g/mol. The second-order valence-electron chi connectivity index (χ2n) is 6.07. The molecule has 0 amide bonds. The highest BCUT2D eigenvalue weighted by molar-refractivity contribution is 7.17. The SMILES string of the molecule is Cc1cc(Nc2nc(N3CC4CC3CO4)nc3ccsc23)n[nH]1. The summed E-state index contributed by atoms with van der Waals surface area (Å²) in [6, 6.07) is 4.40. The van der Waals surface area contributed by atoms with E-state index in [4.69, 9.17) is 14.7 Å². The van der Waals surface area contributed by atoms with Crippen molar-refractivity contribution >= 4 is 39.1 Å². The summed E-state index contributed by atoms with van der Waals surface area (Å²) in [5, 5.41) is 12.6. The van der Waals surface area contributed by atoms with Crippen molar-refractivity contribution in [3.63, 3.8) is 0 Å². The summed E-state index contributed by atoms with van der Waals surface area (Å²) in [4.78, 5) is 11.8. The number of hydrogen-bond acceptors (Lipinski definition) is 7. The van der Waals surface area contributed by atoms with Crippen LogP contribution in [0, 0.1) is 6.92 Å². The van der Waals surface area contributed by atoms with Crippen molar-refractivity contribution in [3.05, 3.63) is 23.2 Å². The quantitative estimate of drug-likeness (QED) is 0.769. The Morgan fingerprint density at radius 2 is 2.39 bits per heavy atom. The van der Waals surface area contributed by atoms with Crippen LogP contribution >= 0.6 is 11.3 Å². The molecule has 5 heterocycles. The molecule has 23 heavy (non-hydrogen) atoms. The van der Waals surface area contributed by atoms with Gasteiger partial charge in [0, 0.05) is 18.3 Å². The van der Waals surface area contributed by atoms with Gasteiger partial charge in [0.15, 0.2) is 11.6 Å². The van der Waals surface area contributed by atoms with Crippen LogP contribution in [-0.4, -0.2) is 45.5 Å². The summed E-state index contributed by atoms with van der Waals surface area (Å²) in [5.41, 5.74) is 1.98. The zero-order chi connectivity index (χ0) is 15.4. The molecule has 3 aromatic rings. The average molecular weight is 328 g/mol. The number of aromatic nitrogens is 4. The second kappa shape index (κ2) is 4.90. The van der Waals surface area contributed by atoms with Crippen molar-refractivity contribution in [1.29, 1.82) is 0 Å². The van der Waals surface area contributed by atoms with Gasteiger partial charge < -0.3 is 15.0 Å². The number of aryl methyl sites for hydroxylation is 1. The van der Waals surface area contributed by atoms with Crippen LogP contribution in [0.15, 0.2) is 17.5 Å². The van der Waals surface area contributed by atoms with Gasteiger partial charge in [0.25, 0.3) is 0 Å². The van der Waals surface area contributed by atoms with E-state index < -0.39 is 0 Å². The zero-order valence-electron chi connectivity index (χ0n) is 12.6. The van der Waals surface area contributed by atoms with E-state index in [1.165, 1.54) is 0 Å². The zero-order valence-corrected chi connectivity index (χ0v) is 13.4. The average Bonchev–Trinajstić information content (AvgIpc) is 3.30. The van der Waals surface area contributed by atoms with E-state index in [2.05, 4.69) is 20.4 Å². The van der Waals surface area contributed by atoms with Crippen LogP contribution in [-0.2, 0) is 4.74 Å². The Balaban J connectivity index is 1.56. The van der Waals surface area contributed by atoms with Crippen molar-refractivity contribution in [2.24, 2.45) is 0 Å². The molecule has 2 bridgehead atoms. The summed E-state index contributed by atoms with van der Waals surface area (Å²) >= 11 is 1.64. The topological polar surface area (TPSA) is 79.0 Å². The van der Waals surface area contributed by atoms with Gasteiger partial charge in [-0.25, -0.2) is 4.98 Å². The van der Waals surface area contributed by atoms with Gasteiger partial charge in [0.2, 0.25) is 5.95 Å². The Bertz CT molecular complexity index is 874. The number of ether oxygens (including phenoxy) is 1. The molecule has 2 saturated heterocycles. The molecule has 0 radical (unpaired) electrons. The van der Waals surface area contributed by atoms with Gasteiger partial charge in [0.1, 0.15) is 0 Å². The first-order valence-corrected chi connectivity index (χ1v) is 8.57. The van der Waals surface area contributed by atoms with Crippen LogP contribution in [0.2, 0.25) is 0 Å². The van der Waals surface area contributed by atoms with E-state index >= 15 is 0 Å². The van der Waals surface area contributed by atoms with Crippen LogP contribution in [0.1, 0.15) is 12.1 Å². The van der Waals surface area contributed by atoms with Crippen molar-refractivity contribution in [3.8, 4) is 0 Å². The van der Waals surface area contributed by atoms with E-state index in [1.807, 2.05) is 24.4 Å². The molecule has 5 rings (SSSR count). The fourth-order valence-corrected chi connectivity index (χ4v) is 4.09. The number of nitrogens with zero attached hydrogens (tertiary/aromatic N) is 4. The number of H-pyrrole nitrogens is 1. The minimum absolute atomic E-state index is 0.326. The second-order valence-corrected chi connectivity index (χ2v) is 6.98. The molecule has 0 saturated carbocycles. The molecule has 7 nitrogen and oxygen atoms in total. The van der Waals surface area contributed by atoms with Gasteiger partial charge in [-0.3, -0.25) is 5.10 Å². The van der Waals surface area contributed by atoms with E-state index in [1.54, 1.807) is 11.3 Å². The van der Waals surface area contributed by atoms with Gasteiger partial charge in [-0.05, 0) is 24.8 Å². The molecule has 2 N–H and O–H groups in total. The molecule has 118 valence electrons. The Morgan fingerprint density at radius 3 is 3.13 bits per heavy atom. The van der Waals surface area contributed by atoms with Crippen molar-refractivity contribution in [2.75, 3.05) is 23.4 Å². The van der Waals surface area contributed by atoms with E-state index in [9.17, 15) is 0 Å². The Hall–Kier alpha value is -2.19. The number of rotatable bonds is 3. The van der Waals surface area contributed by atoms with E-state index in [-0.39, 0.29) is 0 Å². The van der Waals surface area contributed by atoms with Crippen molar-refractivity contribution < 1.29 is 4.74 Å². The minimum atomic E-state index is 0.326. The first kappa shape index (κ1) is 13.3. The highest BCUT2D eigenvalue weighted by Crippen LogP contribution is 2.35. The first-order valence-electron chi connectivity index (χ1n) is 7.69. The number of aromatic amines is 1. The van der Waals surface area contributed by atoms with Crippen LogP contribution in [0.25, 0.3) is 10.2 Å². The fourth-order valence-electron chi connectivity index (χ4n) is 3.31. The smallest absolute Gasteiger partial charge is 0.228 e. The third kappa shape index (κ3) is 2.17. The maximum atomic E-state index is 5.68. The third-order valence-corrected chi connectivity index (χ3v) is 5.31. The summed E-state index contributed by atoms with van der Waals surface area (Å²) in [6.07, 6.45) is 1.40. The lowest BCUT2D eigenvalue weighted by Crippen LogP contribution is -2.38. The number of fused-ring (bicyclic) bond motifs is 3. The Morgan fingerprint density at radius 1 is 1.43 bits per heavy atom. The van der Waals surface area contributed by atoms with E-state index in [0.29, 0.717) is 12.1 Å². The highest BCUT2D eigenvalue weighted by Gasteiger charge is 2.40. The van der Waals surface area contributed by atoms with Gasteiger partial charge in [-0.1, -0.05) is 0 Å². The van der Waals surface area contributed by atoms with Crippen LogP contribution in [0.5, 0.6) is 0 Å². The summed E-state index contributed by atoms with van der Waals surface area (Å²) < 4.78 is 6.73. The highest BCUT2D eigenvalue weighted by atomic mass is 32.1. The molecule has 2 aliphatic heterocycles. The standard InChI is InChI=1S/C15H16N6OS/c1-8-4-12(20-19-8)17-14-13-11(2-3-23-13)16-15(18-14)21-6-10-5-9(21)7-22-10/h2-4,9-10H,5-7H2,1H3,(H2,16,17,18,19,20). The lowest BCUT2D eigenvalue weighted by atomic mass is 10.2. The van der Waals surface area contributed by atoms with Crippen molar-refractivity contribution in [2.45, 2.75) is 25.5 Å². The Kier molecular flexibility index (Phi) is 2.83. The summed E-state index contributed by atoms with van der Waals surface area (Å²) in [5.74, 6) is 2.37. The number of morpholine rings is 1. The predicted octanol–water partition coefficient (Wildman–Crippen LogP) is 2.44. The minimum Gasteiger partial charge on any atom is -0.374 e. The van der Waals surface area contributed by atoms with Gasteiger partial charge in [-0.2, -0.15) is 10.1 Å². The molecule has 2 unspecified atom stereocenters. The molecule has 3 aromatic heterocycles. The maximum absolute atomic E-state index is 5.68. The predicted molar refractivity (Wildman–Crippen MR) is 89.5 cm³/mol. The molecule has 2 fully saturated rings. The lowest BCUT2D eigenvalue weighted by Gasteiger charge is -2.27. The number of hydrogen-bond donors (Lipinski definition) is 2. The van der Waals surface area contributed by atoms with Gasteiger partial charge >= 0.3 is 0 Å². The monoisotopic (exact) mass is 328 g/mol. The molecule has 0 aliphatic carbocycles. The summed E-state index contributed by atoms with van der Waals surface area (Å²) in [6.45, 7) is 3.63. The third-order valence-electron chi connectivity index (χ3n) is 4.40. The number of nitrogens with one attached hydrogen (secondary N) is 2. The molecule has 0 spiro atoms. The summed E-state index contributed by atoms with van der Waals surface area (Å²) in [7, 11) is 0. The van der Waals surface area contributed by atoms with Gasteiger partial charge in [-0.15, -0.1) is 11.3 Å². The normalized spacial score (nSPS) is 23.1. The van der Waals surface area contributed by atoms with Crippen LogP contribution in [0.3, 0.4) is 0 Å². The van der Waals surface area contributed by atoms with Gasteiger partial charge in [0.05, 0.1) is 29.0 Å². The maximum Gasteiger partial charge on any atom is 0.228 e. The van der Waals surface area contributed by atoms with Crippen LogP contribution < -0.4 is 10.2 Å². The largest absolute Gasteiger partial charge is 0.374 e. The molecule has 2 aliphatic rings. The number of anilines is 3. The molecular formula is C15H16N6OS. The molecule has 2 atom stereocenters. The molecule has 0 aromatic carbocycles.